The Morgan fingerprint density at radius 1 is 1.12 bits per heavy atom. The van der Waals surface area contributed by atoms with Gasteiger partial charge in [-0.05, 0) is 19.1 Å². The lowest BCUT2D eigenvalue weighted by molar-refractivity contribution is 0.475. The summed E-state index contributed by atoms with van der Waals surface area (Å²) in [6, 6.07) is 7.77. The van der Waals surface area contributed by atoms with E-state index in [1.165, 1.54) is 30.7 Å². The van der Waals surface area contributed by atoms with Gasteiger partial charge in [-0.1, -0.05) is 17.7 Å². The van der Waals surface area contributed by atoms with Crippen molar-refractivity contribution in [3.05, 3.63) is 48.4 Å². The number of hydrogen-bond donors (Lipinski definition) is 0. The van der Waals surface area contributed by atoms with Crippen LogP contribution in [0.4, 0.5) is 0 Å². The third kappa shape index (κ3) is 2.79. The number of rotatable bonds is 3. The number of benzene rings is 1. The van der Waals surface area contributed by atoms with E-state index in [2.05, 4.69) is 9.97 Å². The third-order valence-electron chi connectivity index (χ3n) is 2.06. The molecule has 0 spiro atoms. The molecule has 0 aliphatic heterocycles. The second-order valence-electron chi connectivity index (χ2n) is 3.40. The van der Waals surface area contributed by atoms with Crippen LogP contribution in [0.15, 0.2) is 47.8 Å². The van der Waals surface area contributed by atoms with Gasteiger partial charge in [0, 0.05) is 12.3 Å². The molecule has 0 N–H and O–H groups in total. The van der Waals surface area contributed by atoms with E-state index in [1.54, 1.807) is 12.1 Å². The van der Waals surface area contributed by atoms with Crippen LogP contribution in [0.2, 0.25) is 0 Å². The highest BCUT2D eigenvalue weighted by Crippen LogP contribution is 2.15. The summed E-state index contributed by atoms with van der Waals surface area (Å²) in [5.74, 6) is 0.000532. The Kier molecular flexibility index (Phi) is 3.06. The molecule has 0 aliphatic rings. The van der Waals surface area contributed by atoms with E-state index < -0.39 is 10.1 Å². The van der Waals surface area contributed by atoms with Crippen molar-refractivity contribution >= 4 is 10.1 Å². The van der Waals surface area contributed by atoms with Crippen molar-refractivity contribution in [1.29, 1.82) is 0 Å². The molecule has 0 amide bonds. The van der Waals surface area contributed by atoms with Crippen LogP contribution in [-0.2, 0) is 10.1 Å². The van der Waals surface area contributed by atoms with E-state index in [4.69, 9.17) is 4.18 Å². The Morgan fingerprint density at radius 3 is 2.41 bits per heavy atom. The summed E-state index contributed by atoms with van der Waals surface area (Å²) in [5, 5.41) is 0. The zero-order valence-corrected chi connectivity index (χ0v) is 9.89. The molecule has 1 aromatic heterocycles. The van der Waals surface area contributed by atoms with Gasteiger partial charge in [-0.25, -0.2) is 9.97 Å². The highest BCUT2D eigenvalue weighted by atomic mass is 32.2. The molecule has 0 bridgehead atoms. The smallest absolute Gasteiger partial charge is 0.340 e. The lowest BCUT2D eigenvalue weighted by Crippen LogP contribution is -2.10. The lowest BCUT2D eigenvalue weighted by Gasteiger charge is -2.05. The molecule has 1 heterocycles. The van der Waals surface area contributed by atoms with Crippen molar-refractivity contribution in [3.8, 4) is 5.88 Å². The van der Waals surface area contributed by atoms with Crippen molar-refractivity contribution in [2.45, 2.75) is 11.8 Å². The molecule has 1 aromatic carbocycles. The molecular weight excluding hydrogens is 240 g/mol. The van der Waals surface area contributed by atoms with Crippen LogP contribution in [0, 0.1) is 6.92 Å². The molecule has 0 saturated carbocycles. The van der Waals surface area contributed by atoms with Crippen LogP contribution in [0.3, 0.4) is 0 Å². The van der Waals surface area contributed by atoms with Crippen molar-refractivity contribution in [2.24, 2.45) is 0 Å². The lowest BCUT2D eigenvalue weighted by atomic mass is 10.2. The van der Waals surface area contributed by atoms with Gasteiger partial charge in [0.15, 0.2) is 0 Å². The first-order valence-electron chi connectivity index (χ1n) is 4.85. The number of hydrogen-bond acceptors (Lipinski definition) is 5. The largest absolute Gasteiger partial charge is 0.358 e. The Bertz CT molecular complexity index is 594. The van der Waals surface area contributed by atoms with Gasteiger partial charge >= 0.3 is 10.1 Å². The maximum absolute atomic E-state index is 11.8. The summed E-state index contributed by atoms with van der Waals surface area (Å²) in [7, 11) is -3.82. The van der Waals surface area contributed by atoms with E-state index in [9.17, 15) is 8.42 Å². The predicted octanol–water partition coefficient (Wildman–Crippen LogP) is 1.55. The van der Waals surface area contributed by atoms with Gasteiger partial charge in [0.05, 0.1) is 0 Å². The fraction of sp³-hybridized carbons (Fsp3) is 0.0909. The predicted molar refractivity (Wildman–Crippen MR) is 61.0 cm³/mol. The average molecular weight is 250 g/mol. The van der Waals surface area contributed by atoms with Gasteiger partial charge in [-0.15, -0.1) is 0 Å². The highest BCUT2D eigenvalue weighted by Gasteiger charge is 2.16. The topological polar surface area (TPSA) is 69.2 Å². The van der Waals surface area contributed by atoms with E-state index in [0.717, 1.165) is 5.56 Å². The van der Waals surface area contributed by atoms with Gasteiger partial charge in [0.1, 0.15) is 11.2 Å². The quantitative estimate of drug-likeness (QED) is 0.773. The summed E-state index contributed by atoms with van der Waals surface area (Å²) in [5.41, 5.74) is 0.978. The minimum atomic E-state index is -3.82. The Hall–Kier alpha value is -1.95. The van der Waals surface area contributed by atoms with E-state index in [0.29, 0.717) is 0 Å². The number of aromatic nitrogens is 2. The van der Waals surface area contributed by atoms with Gasteiger partial charge < -0.3 is 4.18 Å². The zero-order chi connectivity index (χ0) is 12.3. The summed E-state index contributed by atoms with van der Waals surface area (Å²) in [6.07, 6.45) is 2.63. The maximum Gasteiger partial charge on any atom is 0.340 e. The fourth-order valence-electron chi connectivity index (χ4n) is 1.19. The fourth-order valence-corrected chi connectivity index (χ4v) is 2.08. The second-order valence-corrected chi connectivity index (χ2v) is 4.94. The molecule has 5 nitrogen and oxygen atoms in total. The van der Waals surface area contributed by atoms with Crippen LogP contribution in [0.1, 0.15) is 5.56 Å². The van der Waals surface area contributed by atoms with Gasteiger partial charge in [-0.3, -0.25) is 0 Å². The molecule has 2 aromatic rings. The Labute approximate surface area is 99.2 Å². The van der Waals surface area contributed by atoms with Crippen LogP contribution in [0.5, 0.6) is 5.88 Å². The summed E-state index contributed by atoms with van der Waals surface area (Å²) < 4.78 is 28.5. The zero-order valence-electron chi connectivity index (χ0n) is 9.07. The first-order chi connectivity index (χ1) is 8.08. The summed E-state index contributed by atoms with van der Waals surface area (Å²) in [4.78, 5) is 7.47. The van der Waals surface area contributed by atoms with Crippen LogP contribution < -0.4 is 4.18 Å². The van der Waals surface area contributed by atoms with Gasteiger partial charge in [-0.2, -0.15) is 8.42 Å². The Morgan fingerprint density at radius 2 is 1.82 bits per heavy atom. The van der Waals surface area contributed by atoms with E-state index >= 15 is 0 Å². The van der Waals surface area contributed by atoms with Crippen LogP contribution in [0.25, 0.3) is 0 Å². The highest BCUT2D eigenvalue weighted by molar-refractivity contribution is 7.87. The van der Waals surface area contributed by atoms with Crippen molar-refractivity contribution in [3.63, 3.8) is 0 Å². The van der Waals surface area contributed by atoms with Crippen molar-refractivity contribution < 1.29 is 12.6 Å². The SMILES string of the molecule is Cc1ccc(S(=O)(=O)Oc2ccncn2)cc1. The molecular formula is C11H10N2O3S. The van der Waals surface area contributed by atoms with Crippen molar-refractivity contribution in [1.82, 2.24) is 9.97 Å². The molecule has 17 heavy (non-hydrogen) atoms. The molecule has 2 rings (SSSR count). The second kappa shape index (κ2) is 4.50. The molecule has 0 atom stereocenters. The van der Waals surface area contributed by atoms with Crippen LogP contribution in [-0.4, -0.2) is 18.4 Å². The number of aryl methyl sites for hydroxylation is 1. The summed E-state index contributed by atoms with van der Waals surface area (Å²) in [6.45, 7) is 1.88. The van der Waals surface area contributed by atoms with Crippen LogP contribution >= 0.6 is 0 Å². The van der Waals surface area contributed by atoms with Gasteiger partial charge in [0.25, 0.3) is 0 Å². The maximum atomic E-state index is 11.8. The summed E-state index contributed by atoms with van der Waals surface area (Å²) >= 11 is 0. The molecule has 88 valence electrons. The normalized spacial score (nSPS) is 11.1. The first kappa shape index (κ1) is 11.5. The monoisotopic (exact) mass is 250 g/mol. The molecule has 6 heteroatoms. The Balaban J connectivity index is 2.29. The average Bonchev–Trinajstić information content (AvgIpc) is 2.30. The van der Waals surface area contributed by atoms with Gasteiger partial charge in [0.2, 0.25) is 5.88 Å². The van der Waals surface area contributed by atoms with Crippen molar-refractivity contribution in [2.75, 3.05) is 0 Å². The van der Waals surface area contributed by atoms with E-state index in [1.807, 2.05) is 6.92 Å². The minimum absolute atomic E-state index is 0.000532. The standard InChI is InChI=1S/C11H10N2O3S/c1-9-2-4-10(5-3-9)17(14,15)16-11-6-7-12-8-13-11/h2-8H,1H3. The first-order valence-corrected chi connectivity index (χ1v) is 6.26. The molecule has 0 saturated heterocycles. The molecule has 0 fully saturated rings. The number of nitrogens with zero attached hydrogens (tertiary/aromatic N) is 2. The van der Waals surface area contributed by atoms with E-state index in [-0.39, 0.29) is 10.8 Å². The minimum Gasteiger partial charge on any atom is -0.358 e. The molecule has 0 radical (unpaired) electrons. The molecule has 0 aliphatic carbocycles. The third-order valence-corrected chi connectivity index (χ3v) is 3.30. The molecule has 0 unspecified atom stereocenters.